The van der Waals surface area contributed by atoms with Gasteiger partial charge in [0.2, 0.25) is 0 Å². The molecule has 0 radical (unpaired) electrons. The normalized spacial score (nSPS) is 13.7. The predicted octanol–water partition coefficient (Wildman–Crippen LogP) is 5.49. The molecule has 1 aromatic rings. The Morgan fingerprint density at radius 3 is 2.14 bits per heavy atom. The van der Waals surface area contributed by atoms with Crippen LogP contribution in [0.5, 0.6) is 0 Å². The van der Waals surface area contributed by atoms with Crippen molar-refractivity contribution in [1.29, 1.82) is 0 Å². The molecule has 1 N–H and O–H groups in total. The molecule has 120 valence electrons. The van der Waals surface area contributed by atoms with Gasteiger partial charge in [0.1, 0.15) is 0 Å². The molecule has 2 heteroatoms. The SMILES string of the molecule is CC(C)CCC(C)NCCSc1ccc(C(C)(C)C)cc1. The van der Waals surface area contributed by atoms with Gasteiger partial charge in [-0.15, -0.1) is 11.8 Å². The fourth-order valence-corrected chi connectivity index (χ4v) is 2.99. The van der Waals surface area contributed by atoms with Crippen molar-refractivity contribution in [2.45, 2.75) is 70.7 Å². The Morgan fingerprint density at radius 1 is 1.00 bits per heavy atom. The van der Waals surface area contributed by atoms with E-state index < -0.39 is 0 Å². The van der Waals surface area contributed by atoms with Crippen LogP contribution >= 0.6 is 11.8 Å². The van der Waals surface area contributed by atoms with Crippen LogP contribution in [-0.4, -0.2) is 18.3 Å². The van der Waals surface area contributed by atoms with Crippen molar-refractivity contribution in [3.05, 3.63) is 29.8 Å². The first-order valence-electron chi connectivity index (χ1n) is 8.25. The Balaban J connectivity index is 2.24. The van der Waals surface area contributed by atoms with E-state index in [1.54, 1.807) is 0 Å². The maximum absolute atomic E-state index is 3.62. The molecule has 1 rings (SSSR count). The molecule has 0 aliphatic heterocycles. The van der Waals surface area contributed by atoms with Gasteiger partial charge in [0.25, 0.3) is 0 Å². The second-order valence-corrected chi connectivity index (χ2v) is 8.62. The highest BCUT2D eigenvalue weighted by molar-refractivity contribution is 7.99. The van der Waals surface area contributed by atoms with Gasteiger partial charge in [-0.1, -0.05) is 46.8 Å². The fraction of sp³-hybridized carbons (Fsp3) is 0.684. The van der Waals surface area contributed by atoms with E-state index in [4.69, 9.17) is 0 Å². The van der Waals surface area contributed by atoms with Crippen LogP contribution in [0.4, 0.5) is 0 Å². The van der Waals surface area contributed by atoms with Gasteiger partial charge in [0.15, 0.2) is 0 Å². The van der Waals surface area contributed by atoms with Gasteiger partial charge in [-0.25, -0.2) is 0 Å². The van der Waals surface area contributed by atoms with Gasteiger partial charge >= 0.3 is 0 Å². The highest BCUT2D eigenvalue weighted by atomic mass is 32.2. The highest BCUT2D eigenvalue weighted by Gasteiger charge is 2.12. The summed E-state index contributed by atoms with van der Waals surface area (Å²) in [6, 6.07) is 9.68. The minimum absolute atomic E-state index is 0.247. The van der Waals surface area contributed by atoms with E-state index in [2.05, 4.69) is 71.1 Å². The van der Waals surface area contributed by atoms with Crippen LogP contribution in [0, 0.1) is 5.92 Å². The number of hydrogen-bond donors (Lipinski definition) is 1. The predicted molar refractivity (Wildman–Crippen MR) is 97.4 cm³/mol. The Kier molecular flexibility index (Phi) is 7.83. The van der Waals surface area contributed by atoms with Crippen LogP contribution in [-0.2, 0) is 5.41 Å². The van der Waals surface area contributed by atoms with Crippen molar-refractivity contribution in [2.24, 2.45) is 5.92 Å². The summed E-state index contributed by atoms with van der Waals surface area (Å²) < 4.78 is 0. The van der Waals surface area contributed by atoms with Crippen LogP contribution in [0.3, 0.4) is 0 Å². The molecule has 0 aromatic heterocycles. The third kappa shape index (κ3) is 7.92. The van der Waals surface area contributed by atoms with Crippen molar-refractivity contribution in [3.8, 4) is 0 Å². The first-order chi connectivity index (χ1) is 9.79. The molecule has 0 spiro atoms. The summed E-state index contributed by atoms with van der Waals surface area (Å²) in [5.41, 5.74) is 1.66. The number of thioether (sulfide) groups is 1. The maximum Gasteiger partial charge on any atom is 0.0106 e. The number of hydrogen-bond acceptors (Lipinski definition) is 2. The lowest BCUT2D eigenvalue weighted by Gasteiger charge is -2.19. The average molecular weight is 308 g/mol. The average Bonchev–Trinajstić information content (AvgIpc) is 2.41. The quantitative estimate of drug-likeness (QED) is 0.503. The lowest BCUT2D eigenvalue weighted by atomic mass is 9.87. The minimum atomic E-state index is 0.247. The minimum Gasteiger partial charge on any atom is -0.313 e. The number of benzene rings is 1. The Labute approximate surface area is 136 Å². The maximum atomic E-state index is 3.62. The Hall–Kier alpha value is -0.470. The molecular formula is C19H33NS. The van der Waals surface area contributed by atoms with E-state index in [1.165, 1.54) is 23.3 Å². The van der Waals surface area contributed by atoms with Gasteiger partial charge in [0.05, 0.1) is 0 Å². The molecule has 0 heterocycles. The molecule has 21 heavy (non-hydrogen) atoms. The smallest absolute Gasteiger partial charge is 0.0106 e. The van der Waals surface area contributed by atoms with E-state index in [9.17, 15) is 0 Å². The van der Waals surface area contributed by atoms with Gasteiger partial charge in [-0.3, -0.25) is 0 Å². The Bertz CT molecular complexity index is 389. The van der Waals surface area contributed by atoms with Crippen LogP contribution in [0.25, 0.3) is 0 Å². The van der Waals surface area contributed by atoms with Gasteiger partial charge in [-0.05, 0) is 48.8 Å². The van der Waals surface area contributed by atoms with Crippen LogP contribution < -0.4 is 5.32 Å². The second-order valence-electron chi connectivity index (χ2n) is 7.45. The number of nitrogens with one attached hydrogen (secondary N) is 1. The number of rotatable bonds is 8. The van der Waals surface area contributed by atoms with E-state index in [1.807, 2.05) is 11.8 Å². The molecule has 0 amide bonds. The topological polar surface area (TPSA) is 12.0 Å². The van der Waals surface area contributed by atoms with E-state index in [0.717, 1.165) is 18.2 Å². The highest BCUT2D eigenvalue weighted by Crippen LogP contribution is 2.25. The standard InChI is InChI=1S/C19H33NS/c1-15(2)7-8-16(3)20-13-14-21-18-11-9-17(10-12-18)19(4,5)6/h9-12,15-16,20H,7-8,13-14H2,1-6H3. The monoisotopic (exact) mass is 307 g/mol. The van der Waals surface area contributed by atoms with Gasteiger partial charge < -0.3 is 5.32 Å². The molecule has 0 saturated carbocycles. The lowest BCUT2D eigenvalue weighted by molar-refractivity contribution is 0.460. The summed E-state index contributed by atoms with van der Waals surface area (Å²) in [4.78, 5) is 1.37. The zero-order valence-corrected chi connectivity index (χ0v) is 15.5. The molecule has 0 aliphatic rings. The molecule has 1 atom stereocenters. The van der Waals surface area contributed by atoms with Gasteiger partial charge in [-0.2, -0.15) is 0 Å². The zero-order chi connectivity index (χ0) is 15.9. The Morgan fingerprint density at radius 2 is 1.62 bits per heavy atom. The van der Waals surface area contributed by atoms with Crippen LogP contribution in [0.1, 0.15) is 59.9 Å². The summed E-state index contributed by atoms with van der Waals surface area (Å²) in [5.74, 6) is 1.95. The van der Waals surface area contributed by atoms with Crippen molar-refractivity contribution >= 4 is 11.8 Å². The summed E-state index contributed by atoms with van der Waals surface area (Å²) in [6.07, 6.45) is 2.60. The first-order valence-corrected chi connectivity index (χ1v) is 9.24. The molecular weight excluding hydrogens is 274 g/mol. The first kappa shape index (κ1) is 18.6. The van der Waals surface area contributed by atoms with Crippen molar-refractivity contribution in [2.75, 3.05) is 12.3 Å². The van der Waals surface area contributed by atoms with Gasteiger partial charge in [0, 0.05) is 23.2 Å². The summed E-state index contributed by atoms with van der Waals surface area (Å²) in [5, 5.41) is 3.62. The largest absolute Gasteiger partial charge is 0.313 e. The third-order valence-electron chi connectivity index (χ3n) is 3.76. The molecule has 0 bridgehead atoms. The van der Waals surface area contributed by atoms with E-state index in [0.29, 0.717) is 6.04 Å². The van der Waals surface area contributed by atoms with Crippen LogP contribution in [0.15, 0.2) is 29.2 Å². The van der Waals surface area contributed by atoms with Crippen molar-refractivity contribution in [3.63, 3.8) is 0 Å². The van der Waals surface area contributed by atoms with Crippen molar-refractivity contribution in [1.82, 2.24) is 5.32 Å². The molecule has 1 unspecified atom stereocenters. The molecule has 1 aromatic carbocycles. The summed E-state index contributed by atoms with van der Waals surface area (Å²) in [7, 11) is 0. The van der Waals surface area contributed by atoms with E-state index >= 15 is 0 Å². The van der Waals surface area contributed by atoms with Crippen LogP contribution in [0.2, 0.25) is 0 Å². The third-order valence-corrected chi connectivity index (χ3v) is 4.77. The second kappa shape index (κ2) is 8.85. The molecule has 1 nitrogen and oxygen atoms in total. The fourth-order valence-electron chi connectivity index (χ4n) is 2.21. The molecule has 0 aliphatic carbocycles. The molecule has 0 fully saturated rings. The summed E-state index contributed by atoms with van der Waals surface area (Å²) >= 11 is 1.94. The van der Waals surface area contributed by atoms with Crippen molar-refractivity contribution < 1.29 is 0 Å². The molecule has 0 saturated heterocycles. The van der Waals surface area contributed by atoms with E-state index in [-0.39, 0.29) is 5.41 Å². The lowest BCUT2D eigenvalue weighted by Crippen LogP contribution is -2.28. The zero-order valence-electron chi connectivity index (χ0n) is 14.7. The summed E-state index contributed by atoms with van der Waals surface area (Å²) in [6.45, 7) is 14.8.